The molecule has 0 aromatic heterocycles. The highest BCUT2D eigenvalue weighted by Gasteiger charge is 2.56. The largest absolute Gasteiger partial charge is 0.310 e. The van der Waals surface area contributed by atoms with E-state index in [0.717, 1.165) is 11.8 Å². The zero-order valence-electron chi connectivity index (χ0n) is 32.9. The summed E-state index contributed by atoms with van der Waals surface area (Å²) in [5, 5.41) is 2.67. The standard InChI is InChI=1S/C52H53N/c1-49(2,3)35-26-33-18-20-36(28-43(33)46(27-35)50(4,5)6)53(37-21-23-41-39-13-9-11-15-44(39)51(7,8)47(41)29-37)38-22-24-42-40-14-10-12-16-45(40)52(48(42)30-38)31-32-17-19-34(52)25-32/h9-16,18,20-24,26-30,32,34H,17,19,25,31H2,1-8H3. The second kappa shape index (κ2) is 11.0. The molecule has 4 aliphatic rings. The van der Waals surface area contributed by atoms with Gasteiger partial charge in [0.25, 0.3) is 0 Å². The predicted molar refractivity (Wildman–Crippen MR) is 225 cm³/mol. The molecule has 266 valence electrons. The molecule has 2 saturated carbocycles. The van der Waals surface area contributed by atoms with Crippen LogP contribution in [0.3, 0.4) is 0 Å². The van der Waals surface area contributed by atoms with Crippen molar-refractivity contribution in [2.24, 2.45) is 11.8 Å². The van der Waals surface area contributed by atoms with Crippen LogP contribution in [0.2, 0.25) is 0 Å². The smallest absolute Gasteiger partial charge is 0.0468 e. The summed E-state index contributed by atoms with van der Waals surface area (Å²) in [5.74, 6) is 1.57. The van der Waals surface area contributed by atoms with E-state index in [1.54, 1.807) is 11.1 Å². The van der Waals surface area contributed by atoms with Crippen molar-refractivity contribution in [1.29, 1.82) is 0 Å². The van der Waals surface area contributed by atoms with Crippen LogP contribution in [0.15, 0.2) is 115 Å². The van der Waals surface area contributed by atoms with Crippen molar-refractivity contribution >= 4 is 27.8 Å². The molecule has 53 heavy (non-hydrogen) atoms. The highest BCUT2D eigenvalue weighted by atomic mass is 15.1. The Kier molecular flexibility index (Phi) is 6.83. The summed E-state index contributed by atoms with van der Waals surface area (Å²) in [6.07, 6.45) is 5.41. The Balaban J connectivity index is 1.21. The maximum absolute atomic E-state index is 2.61. The fourth-order valence-corrected chi connectivity index (χ4v) is 11.3. The molecule has 0 radical (unpaired) electrons. The SMILES string of the molecule is CC(C)(C)c1cc(C(C)(C)C)c2cc(N(c3ccc4c(c3)C(C)(C)c3ccccc3-4)c3ccc4c(c3)C3(CC5CCC3C5)c3ccccc3-4)ccc2c1. The van der Waals surface area contributed by atoms with E-state index in [4.69, 9.17) is 0 Å². The van der Waals surface area contributed by atoms with E-state index in [9.17, 15) is 0 Å². The van der Waals surface area contributed by atoms with Crippen LogP contribution in [-0.4, -0.2) is 0 Å². The van der Waals surface area contributed by atoms with E-state index in [1.807, 2.05) is 0 Å². The number of rotatable bonds is 3. The molecule has 10 rings (SSSR count). The number of benzene rings is 6. The minimum atomic E-state index is -0.0769. The molecule has 1 spiro atoms. The summed E-state index contributed by atoms with van der Waals surface area (Å²) >= 11 is 0. The molecular formula is C52H53N. The first-order valence-corrected chi connectivity index (χ1v) is 20.1. The molecule has 3 unspecified atom stereocenters. The Bertz CT molecular complexity index is 2480. The van der Waals surface area contributed by atoms with Gasteiger partial charge in [-0.3, -0.25) is 0 Å². The molecule has 0 N–H and O–H groups in total. The summed E-state index contributed by atoms with van der Waals surface area (Å²) < 4.78 is 0. The molecule has 0 saturated heterocycles. The van der Waals surface area contributed by atoms with Crippen LogP contribution in [0.25, 0.3) is 33.0 Å². The highest BCUT2D eigenvalue weighted by molar-refractivity contribution is 5.94. The van der Waals surface area contributed by atoms with Crippen molar-refractivity contribution in [3.63, 3.8) is 0 Å². The Labute approximate surface area is 317 Å². The van der Waals surface area contributed by atoms with Crippen molar-refractivity contribution in [2.75, 3.05) is 4.90 Å². The zero-order chi connectivity index (χ0) is 36.7. The average molecular weight is 692 g/mol. The maximum atomic E-state index is 2.61. The van der Waals surface area contributed by atoms with Crippen molar-refractivity contribution in [3.05, 3.63) is 149 Å². The van der Waals surface area contributed by atoms with Gasteiger partial charge in [-0.1, -0.05) is 141 Å². The fourth-order valence-electron chi connectivity index (χ4n) is 11.3. The minimum Gasteiger partial charge on any atom is -0.310 e. The molecule has 2 bridgehead atoms. The second-order valence-corrected chi connectivity index (χ2v) is 19.5. The summed E-state index contributed by atoms with van der Waals surface area (Å²) in [5.41, 5.74) is 18.3. The van der Waals surface area contributed by atoms with E-state index in [-0.39, 0.29) is 21.7 Å². The molecule has 1 heteroatoms. The molecule has 0 heterocycles. The maximum Gasteiger partial charge on any atom is 0.0468 e. The van der Waals surface area contributed by atoms with Crippen LogP contribution in [0.4, 0.5) is 17.1 Å². The van der Waals surface area contributed by atoms with Crippen LogP contribution in [0.1, 0.15) is 114 Å². The van der Waals surface area contributed by atoms with Crippen molar-refractivity contribution in [1.82, 2.24) is 0 Å². The summed E-state index contributed by atoms with van der Waals surface area (Å²) in [6, 6.07) is 45.3. The minimum absolute atomic E-state index is 0.000150. The van der Waals surface area contributed by atoms with Gasteiger partial charge in [-0.05, 0) is 145 Å². The number of hydrogen-bond acceptors (Lipinski definition) is 1. The molecule has 4 aliphatic carbocycles. The lowest BCUT2D eigenvalue weighted by Crippen LogP contribution is -2.32. The summed E-state index contributed by atoms with van der Waals surface area (Å²) in [4.78, 5) is 2.58. The van der Waals surface area contributed by atoms with E-state index in [0.29, 0.717) is 0 Å². The van der Waals surface area contributed by atoms with Gasteiger partial charge < -0.3 is 4.90 Å². The van der Waals surface area contributed by atoms with Crippen LogP contribution in [0, 0.1) is 11.8 Å². The van der Waals surface area contributed by atoms with Gasteiger partial charge in [0.2, 0.25) is 0 Å². The Hall–Kier alpha value is -4.62. The molecule has 6 aromatic carbocycles. The topological polar surface area (TPSA) is 3.24 Å². The van der Waals surface area contributed by atoms with E-state index in [2.05, 4.69) is 176 Å². The van der Waals surface area contributed by atoms with Gasteiger partial charge in [-0.15, -0.1) is 0 Å². The molecule has 0 aliphatic heterocycles. The van der Waals surface area contributed by atoms with E-state index >= 15 is 0 Å². The Morgan fingerprint density at radius 1 is 0.547 bits per heavy atom. The summed E-state index contributed by atoms with van der Waals surface area (Å²) in [7, 11) is 0. The predicted octanol–water partition coefficient (Wildman–Crippen LogP) is 14.3. The van der Waals surface area contributed by atoms with Gasteiger partial charge in [0.1, 0.15) is 0 Å². The second-order valence-electron chi connectivity index (χ2n) is 19.5. The number of anilines is 3. The van der Waals surface area contributed by atoms with Crippen molar-refractivity contribution < 1.29 is 0 Å². The van der Waals surface area contributed by atoms with Gasteiger partial charge in [0.05, 0.1) is 0 Å². The van der Waals surface area contributed by atoms with E-state index < -0.39 is 0 Å². The van der Waals surface area contributed by atoms with E-state index in [1.165, 1.54) is 98.0 Å². The van der Waals surface area contributed by atoms with Crippen molar-refractivity contribution in [3.8, 4) is 22.3 Å². The monoisotopic (exact) mass is 691 g/mol. The van der Waals surface area contributed by atoms with Gasteiger partial charge in [0.15, 0.2) is 0 Å². The van der Waals surface area contributed by atoms with Crippen LogP contribution in [-0.2, 0) is 21.7 Å². The fraction of sp³-hybridized carbons (Fsp3) is 0.346. The first kappa shape index (κ1) is 33.0. The van der Waals surface area contributed by atoms with Crippen LogP contribution in [0.5, 0.6) is 0 Å². The quantitative estimate of drug-likeness (QED) is 0.179. The molecular weight excluding hydrogens is 639 g/mol. The average Bonchev–Trinajstić information content (AvgIpc) is 3.87. The van der Waals surface area contributed by atoms with Gasteiger partial charge in [-0.25, -0.2) is 0 Å². The lowest BCUT2D eigenvalue weighted by molar-refractivity contribution is 0.327. The lowest BCUT2D eigenvalue weighted by atomic mass is 9.67. The Morgan fingerprint density at radius 3 is 1.77 bits per heavy atom. The number of fused-ring (bicyclic) bond motifs is 12. The third kappa shape index (κ3) is 4.68. The normalized spacial score (nSPS) is 21.9. The molecule has 6 aromatic rings. The zero-order valence-corrected chi connectivity index (χ0v) is 32.9. The Morgan fingerprint density at radius 2 is 1.13 bits per heavy atom. The van der Waals surface area contributed by atoms with Gasteiger partial charge in [-0.2, -0.15) is 0 Å². The number of nitrogens with zero attached hydrogens (tertiary/aromatic N) is 1. The first-order valence-electron chi connectivity index (χ1n) is 20.1. The van der Waals surface area contributed by atoms with Gasteiger partial charge >= 0.3 is 0 Å². The lowest BCUT2D eigenvalue weighted by Gasteiger charge is -2.37. The molecule has 0 amide bonds. The highest BCUT2D eigenvalue weighted by Crippen LogP contribution is 2.66. The number of hydrogen-bond donors (Lipinski definition) is 0. The first-order chi connectivity index (χ1) is 25.2. The molecule has 2 fully saturated rings. The van der Waals surface area contributed by atoms with Crippen LogP contribution >= 0.6 is 0 Å². The third-order valence-electron chi connectivity index (χ3n) is 14.0. The summed E-state index contributed by atoms with van der Waals surface area (Å²) in [6.45, 7) is 18.9. The van der Waals surface area contributed by atoms with Crippen molar-refractivity contribution in [2.45, 2.75) is 103 Å². The van der Waals surface area contributed by atoms with Gasteiger partial charge in [0, 0.05) is 27.9 Å². The molecule has 3 atom stereocenters. The third-order valence-corrected chi connectivity index (χ3v) is 14.0. The van der Waals surface area contributed by atoms with Crippen LogP contribution < -0.4 is 4.90 Å². The molecule has 1 nitrogen and oxygen atoms in total.